The number of hydrogen-bond acceptors (Lipinski definition) is 8. The first-order valence-corrected chi connectivity index (χ1v) is 10.6. The van der Waals surface area contributed by atoms with Crippen LogP contribution in [0.15, 0.2) is 46.1 Å². The van der Waals surface area contributed by atoms with E-state index in [-0.39, 0.29) is 17.0 Å². The number of hydrogen-bond donors (Lipinski definition) is 2. The number of benzene rings is 1. The highest BCUT2D eigenvalue weighted by Gasteiger charge is 2.52. The molecular formula is C19H26N3O8S+. The molecule has 1 aliphatic rings. The van der Waals surface area contributed by atoms with Crippen molar-refractivity contribution in [3.05, 3.63) is 41.7 Å². The maximum atomic E-state index is 13.1. The molecule has 1 aliphatic heterocycles. The van der Waals surface area contributed by atoms with Crippen molar-refractivity contribution in [2.24, 2.45) is 4.99 Å². The molecule has 0 saturated heterocycles. The summed E-state index contributed by atoms with van der Waals surface area (Å²) in [6.07, 6.45) is -0.554. The second-order valence-corrected chi connectivity index (χ2v) is 9.08. The van der Waals surface area contributed by atoms with Crippen molar-refractivity contribution in [3.63, 3.8) is 0 Å². The smallest absolute Gasteiger partial charge is 0.434 e. The van der Waals surface area contributed by atoms with Gasteiger partial charge in [0.1, 0.15) is 10.6 Å². The largest absolute Gasteiger partial charge is 0.540 e. The van der Waals surface area contributed by atoms with Crippen molar-refractivity contribution in [1.82, 2.24) is 5.32 Å². The molecule has 2 atom stereocenters. The van der Waals surface area contributed by atoms with Crippen molar-refractivity contribution >= 4 is 28.5 Å². The van der Waals surface area contributed by atoms with Crippen LogP contribution >= 0.6 is 0 Å². The minimum Gasteiger partial charge on any atom is -0.434 e. The molecule has 31 heavy (non-hydrogen) atoms. The molecule has 0 saturated carbocycles. The predicted molar refractivity (Wildman–Crippen MR) is 109 cm³/mol. The van der Waals surface area contributed by atoms with E-state index in [1.165, 1.54) is 33.3 Å². The minimum absolute atomic E-state index is 0.0545. The summed E-state index contributed by atoms with van der Waals surface area (Å²) in [4.78, 5) is 27.8. The van der Waals surface area contributed by atoms with E-state index in [0.29, 0.717) is 0 Å². The summed E-state index contributed by atoms with van der Waals surface area (Å²) >= 11 is 0. The summed E-state index contributed by atoms with van der Waals surface area (Å²) in [5.74, 6) is -1.58. The molecule has 2 rings (SSSR count). The van der Waals surface area contributed by atoms with Gasteiger partial charge in [-0.2, -0.15) is 13.2 Å². The lowest BCUT2D eigenvalue weighted by molar-refractivity contribution is -0.554. The van der Waals surface area contributed by atoms with Gasteiger partial charge in [0, 0.05) is 33.6 Å². The van der Waals surface area contributed by atoms with Crippen LogP contribution in [0.2, 0.25) is 0 Å². The lowest BCUT2D eigenvalue weighted by atomic mass is 10.2. The Labute approximate surface area is 180 Å². The fourth-order valence-electron chi connectivity index (χ4n) is 2.71. The van der Waals surface area contributed by atoms with Crippen LogP contribution in [0.25, 0.3) is 0 Å². The number of carboxylic acid groups (broad SMARTS) is 1. The molecule has 12 heteroatoms. The number of quaternary nitrogens is 1. The van der Waals surface area contributed by atoms with Gasteiger partial charge in [0.15, 0.2) is 6.20 Å². The summed E-state index contributed by atoms with van der Waals surface area (Å²) < 4.78 is 39.6. The zero-order chi connectivity index (χ0) is 23.4. The lowest BCUT2D eigenvalue weighted by Gasteiger charge is -2.26. The van der Waals surface area contributed by atoms with E-state index in [9.17, 15) is 23.1 Å². The zero-order valence-electron chi connectivity index (χ0n) is 17.9. The highest BCUT2D eigenvalue weighted by molar-refractivity contribution is 7.86. The van der Waals surface area contributed by atoms with Crippen LogP contribution in [0.3, 0.4) is 0 Å². The number of sulfonamides is 1. The van der Waals surface area contributed by atoms with Crippen molar-refractivity contribution in [2.45, 2.75) is 44.1 Å². The van der Waals surface area contributed by atoms with E-state index in [1.54, 1.807) is 26.0 Å². The first-order chi connectivity index (χ1) is 14.4. The fourth-order valence-corrected chi connectivity index (χ4v) is 4.17. The number of alkyl carbamates (subject to hydrolysis) is 1. The quantitative estimate of drug-likeness (QED) is 0.449. The molecule has 1 aromatic carbocycles. The van der Waals surface area contributed by atoms with Crippen LogP contribution < -0.4 is 5.32 Å². The summed E-state index contributed by atoms with van der Waals surface area (Å²) in [5, 5.41) is 12.3. The monoisotopic (exact) mass is 456 g/mol. The van der Waals surface area contributed by atoms with Gasteiger partial charge in [0.2, 0.25) is 6.34 Å². The molecule has 0 bridgehead atoms. The van der Waals surface area contributed by atoms with Crippen LogP contribution in [0.5, 0.6) is 0 Å². The van der Waals surface area contributed by atoms with Gasteiger partial charge in [0.05, 0.1) is 0 Å². The summed E-state index contributed by atoms with van der Waals surface area (Å²) in [6, 6.07) is 5.28. The number of aryl methyl sites for hydroxylation is 1. The van der Waals surface area contributed by atoms with Gasteiger partial charge in [0.25, 0.3) is 0 Å². The highest BCUT2D eigenvalue weighted by Crippen LogP contribution is 2.30. The summed E-state index contributed by atoms with van der Waals surface area (Å²) in [6.45, 7) is 4.81. The van der Waals surface area contributed by atoms with Gasteiger partial charge in [-0.25, -0.2) is 9.79 Å². The molecule has 0 radical (unpaired) electrons. The Bertz CT molecular complexity index is 999. The average molecular weight is 456 g/mol. The van der Waals surface area contributed by atoms with E-state index >= 15 is 0 Å². The molecule has 1 heterocycles. The third-order valence-electron chi connectivity index (χ3n) is 4.65. The molecule has 2 amide bonds. The van der Waals surface area contributed by atoms with E-state index < -0.39 is 38.1 Å². The SMILES string of the molecule is COC(C)(OC)OC(=O)N[C@H](C)CC1=C[N+](C(=O)O)(S(=O)(=O)c2ccc(C)cc2)C=N1. The normalized spacial score (nSPS) is 19.6. The minimum atomic E-state index is -4.37. The highest BCUT2D eigenvalue weighted by atomic mass is 32.2. The second kappa shape index (κ2) is 9.14. The van der Waals surface area contributed by atoms with Gasteiger partial charge in [-0.15, -0.1) is 0 Å². The van der Waals surface area contributed by atoms with Crippen molar-refractivity contribution < 1.29 is 41.2 Å². The van der Waals surface area contributed by atoms with Crippen molar-refractivity contribution in [1.29, 1.82) is 0 Å². The average Bonchev–Trinajstić information content (AvgIpc) is 3.13. The first kappa shape index (κ1) is 24.5. The van der Waals surface area contributed by atoms with Crippen LogP contribution in [0.4, 0.5) is 9.59 Å². The molecule has 0 fully saturated rings. The number of nitrogens with one attached hydrogen (secondary N) is 1. The van der Waals surface area contributed by atoms with E-state index in [0.717, 1.165) is 18.1 Å². The Balaban J connectivity index is 2.20. The van der Waals surface area contributed by atoms with E-state index in [2.05, 4.69) is 10.3 Å². The van der Waals surface area contributed by atoms with Gasteiger partial charge >= 0.3 is 28.2 Å². The predicted octanol–water partition coefficient (Wildman–Crippen LogP) is 2.53. The Kier molecular flexibility index (Phi) is 7.21. The second-order valence-electron chi connectivity index (χ2n) is 7.05. The number of aliphatic imine (C=N–C) groups is 1. The summed E-state index contributed by atoms with van der Waals surface area (Å²) in [5.41, 5.74) is 1.00. The van der Waals surface area contributed by atoms with Crippen molar-refractivity contribution in [3.8, 4) is 0 Å². The number of amides is 2. The van der Waals surface area contributed by atoms with Gasteiger partial charge in [-0.1, -0.05) is 17.7 Å². The molecule has 0 spiro atoms. The number of carbonyl (C=O) groups excluding carboxylic acids is 1. The number of methoxy groups -OCH3 is 2. The third-order valence-corrected chi connectivity index (χ3v) is 6.67. The third kappa shape index (κ3) is 5.10. The maximum absolute atomic E-state index is 13.1. The molecule has 2 N–H and O–H groups in total. The zero-order valence-corrected chi connectivity index (χ0v) is 18.7. The Morgan fingerprint density at radius 3 is 2.32 bits per heavy atom. The number of rotatable bonds is 8. The Morgan fingerprint density at radius 2 is 1.81 bits per heavy atom. The van der Waals surface area contributed by atoms with Gasteiger partial charge < -0.3 is 24.6 Å². The number of ether oxygens (including phenoxy) is 3. The number of carbonyl (C=O) groups is 2. The Morgan fingerprint density at radius 1 is 1.23 bits per heavy atom. The molecule has 0 aromatic heterocycles. The molecule has 1 aromatic rings. The van der Waals surface area contributed by atoms with Crippen LogP contribution in [0, 0.1) is 6.92 Å². The van der Waals surface area contributed by atoms with Crippen LogP contribution in [0.1, 0.15) is 25.8 Å². The van der Waals surface area contributed by atoms with Gasteiger partial charge in [-0.05, 0) is 29.9 Å². The maximum Gasteiger partial charge on any atom is 0.540 e. The van der Waals surface area contributed by atoms with E-state index in [1.807, 2.05) is 0 Å². The topological polar surface area (TPSA) is 141 Å². The molecule has 11 nitrogen and oxygen atoms in total. The molecule has 170 valence electrons. The van der Waals surface area contributed by atoms with Crippen LogP contribution in [-0.2, 0) is 24.2 Å². The van der Waals surface area contributed by atoms with Crippen molar-refractivity contribution in [2.75, 3.05) is 14.2 Å². The molecular weight excluding hydrogens is 430 g/mol. The molecule has 1 unspecified atom stereocenters. The number of nitrogens with zero attached hydrogens (tertiary/aromatic N) is 2. The standard InChI is InChI=1S/C19H25N3O8S/c1-13-6-8-16(9-7-13)31(26,27)22(18(24)25)11-15(20-12-22)10-14(2)21-17(23)30-19(3,28-4)29-5/h6-9,11-12,14H,10H2,1-5H3,(H-,21,23,24,25)/p+1/t14-,22?/m1/s1. The lowest BCUT2D eigenvalue weighted by Crippen LogP contribution is -2.49. The molecule has 0 aliphatic carbocycles. The first-order valence-electron chi connectivity index (χ1n) is 9.19. The summed E-state index contributed by atoms with van der Waals surface area (Å²) in [7, 11) is -1.77. The van der Waals surface area contributed by atoms with E-state index in [4.69, 9.17) is 14.2 Å². The van der Waals surface area contributed by atoms with Crippen LogP contribution in [-0.4, -0.2) is 62.2 Å². The fraction of sp³-hybridized carbons (Fsp3) is 0.421. The Hall–Kier alpha value is -2.80. The van der Waals surface area contributed by atoms with Gasteiger partial charge in [-0.3, -0.25) is 0 Å².